The zero-order valence-electron chi connectivity index (χ0n) is 14.1. The molecule has 1 aromatic heterocycles. The lowest BCUT2D eigenvalue weighted by Crippen LogP contribution is -2.26. The summed E-state index contributed by atoms with van der Waals surface area (Å²) >= 11 is 0. The Morgan fingerprint density at radius 3 is 2.25 bits per heavy atom. The van der Waals surface area contributed by atoms with Gasteiger partial charge in [-0.15, -0.1) is 0 Å². The molecule has 1 saturated carbocycles. The molecule has 2 aliphatic rings. The second-order valence-electron chi connectivity index (χ2n) is 8.72. The summed E-state index contributed by atoms with van der Waals surface area (Å²) in [5.74, 6) is 1.27. The van der Waals surface area contributed by atoms with Crippen LogP contribution in [0.2, 0.25) is 0 Å². The van der Waals surface area contributed by atoms with Crippen molar-refractivity contribution in [2.45, 2.75) is 72.9 Å². The van der Waals surface area contributed by atoms with E-state index >= 15 is 0 Å². The maximum absolute atomic E-state index is 5.01. The molecule has 3 rings (SSSR count). The smallest absolute Gasteiger partial charge is 0.114 e. The van der Waals surface area contributed by atoms with Gasteiger partial charge < -0.3 is 9.88 Å². The van der Waals surface area contributed by atoms with E-state index in [0.29, 0.717) is 16.9 Å². The molecular weight excluding hydrogens is 246 g/mol. The molecule has 20 heavy (non-hydrogen) atoms. The second-order valence-corrected chi connectivity index (χ2v) is 8.72. The van der Waals surface area contributed by atoms with Crippen molar-refractivity contribution in [2.75, 3.05) is 6.54 Å². The molecular formula is C17H29N3. The zero-order chi connectivity index (χ0) is 14.9. The summed E-state index contributed by atoms with van der Waals surface area (Å²) < 4.78 is 2.61. The number of imidazole rings is 1. The summed E-state index contributed by atoms with van der Waals surface area (Å²) in [6.45, 7) is 18.5. The number of hydrogen-bond acceptors (Lipinski definition) is 2. The average molecular weight is 275 g/mol. The predicted molar refractivity (Wildman–Crippen MR) is 82.9 cm³/mol. The topological polar surface area (TPSA) is 29.9 Å². The Kier molecular flexibility index (Phi) is 2.74. The summed E-state index contributed by atoms with van der Waals surface area (Å²) in [5.41, 5.74) is 3.57. The van der Waals surface area contributed by atoms with E-state index in [9.17, 15) is 0 Å². The van der Waals surface area contributed by atoms with Gasteiger partial charge in [0.2, 0.25) is 0 Å². The van der Waals surface area contributed by atoms with Crippen LogP contribution in [0.4, 0.5) is 0 Å². The van der Waals surface area contributed by atoms with Gasteiger partial charge in [0.1, 0.15) is 5.82 Å². The largest absolute Gasteiger partial charge is 0.327 e. The van der Waals surface area contributed by atoms with Crippen molar-refractivity contribution in [1.29, 1.82) is 0 Å². The highest BCUT2D eigenvalue weighted by Crippen LogP contribution is 2.72. The quantitative estimate of drug-likeness (QED) is 0.851. The maximum Gasteiger partial charge on any atom is 0.114 e. The fraction of sp³-hybridized carbons (Fsp3) is 0.824. The van der Waals surface area contributed by atoms with Gasteiger partial charge in [-0.1, -0.05) is 48.5 Å². The van der Waals surface area contributed by atoms with Crippen LogP contribution in [0.25, 0.3) is 0 Å². The van der Waals surface area contributed by atoms with Crippen LogP contribution < -0.4 is 5.32 Å². The molecule has 0 spiro atoms. The molecule has 3 nitrogen and oxygen atoms in total. The minimum atomic E-state index is 0.103. The molecule has 0 atom stereocenters. The molecule has 1 aliphatic heterocycles. The van der Waals surface area contributed by atoms with E-state index < -0.39 is 0 Å². The van der Waals surface area contributed by atoms with Crippen molar-refractivity contribution in [3.63, 3.8) is 0 Å². The molecule has 1 fully saturated rings. The normalized spacial score (nSPS) is 24.6. The van der Waals surface area contributed by atoms with Gasteiger partial charge in [0.15, 0.2) is 0 Å². The minimum Gasteiger partial charge on any atom is -0.327 e. The van der Waals surface area contributed by atoms with Crippen LogP contribution in [0.15, 0.2) is 0 Å². The van der Waals surface area contributed by atoms with Crippen LogP contribution in [0, 0.1) is 10.8 Å². The number of fused-ring (bicyclic) bond motifs is 1. The van der Waals surface area contributed by atoms with Crippen molar-refractivity contribution in [1.82, 2.24) is 14.9 Å². The third-order valence-corrected chi connectivity index (χ3v) is 5.80. The summed E-state index contributed by atoms with van der Waals surface area (Å²) in [6.07, 6.45) is 1.11. The summed E-state index contributed by atoms with van der Waals surface area (Å²) in [6, 6.07) is 0.582. The zero-order valence-corrected chi connectivity index (χ0v) is 14.1. The van der Waals surface area contributed by atoms with Gasteiger partial charge in [0, 0.05) is 36.7 Å². The van der Waals surface area contributed by atoms with Gasteiger partial charge in [-0.25, -0.2) is 4.98 Å². The monoisotopic (exact) mass is 275 g/mol. The second kappa shape index (κ2) is 3.88. The minimum absolute atomic E-state index is 0.103. The molecule has 3 heteroatoms. The summed E-state index contributed by atoms with van der Waals surface area (Å²) in [7, 11) is 0. The molecule has 112 valence electrons. The first-order chi connectivity index (χ1) is 9.08. The third kappa shape index (κ3) is 1.71. The van der Waals surface area contributed by atoms with Gasteiger partial charge in [-0.3, -0.25) is 0 Å². The van der Waals surface area contributed by atoms with Crippen molar-refractivity contribution in [3.8, 4) is 0 Å². The van der Waals surface area contributed by atoms with E-state index in [1.165, 1.54) is 17.2 Å². The molecule has 0 amide bonds. The van der Waals surface area contributed by atoms with Crippen LogP contribution in [-0.2, 0) is 18.4 Å². The standard InChI is InChI=1S/C17H29N3/c1-15(2,3)14-19-11-10-18-9-8-12(11)20(14)13-16(4,5)17(13,6)7/h13,18H,8-10H2,1-7H3. The van der Waals surface area contributed by atoms with E-state index in [-0.39, 0.29) is 5.41 Å². The Morgan fingerprint density at radius 1 is 1.15 bits per heavy atom. The number of aromatic nitrogens is 2. The van der Waals surface area contributed by atoms with E-state index in [1.54, 1.807) is 0 Å². The van der Waals surface area contributed by atoms with Crippen LogP contribution in [-0.4, -0.2) is 16.1 Å². The van der Waals surface area contributed by atoms with Gasteiger partial charge in [0.05, 0.1) is 5.69 Å². The van der Waals surface area contributed by atoms with Gasteiger partial charge in [-0.05, 0) is 10.8 Å². The Morgan fingerprint density at radius 2 is 1.75 bits per heavy atom. The van der Waals surface area contributed by atoms with Crippen molar-refractivity contribution < 1.29 is 0 Å². The molecule has 1 aliphatic carbocycles. The highest BCUT2D eigenvalue weighted by atomic mass is 15.2. The van der Waals surface area contributed by atoms with Crippen molar-refractivity contribution in [3.05, 3.63) is 17.2 Å². The lowest BCUT2D eigenvalue weighted by molar-refractivity contribution is 0.454. The summed E-state index contributed by atoms with van der Waals surface area (Å²) in [5, 5.41) is 3.46. The third-order valence-electron chi connectivity index (χ3n) is 5.80. The molecule has 0 bridgehead atoms. The predicted octanol–water partition coefficient (Wildman–Crippen LogP) is 3.43. The van der Waals surface area contributed by atoms with E-state index in [1.807, 2.05) is 0 Å². The molecule has 1 aromatic rings. The molecule has 0 radical (unpaired) electrons. The van der Waals surface area contributed by atoms with Crippen LogP contribution in [0.5, 0.6) is 0 Å². The van der Waals surface area contributed by atoms with Crippen molar-refractivity contribution >= 4 is 0 Å². The first-order valence-electron chi connectivity index (χ1n) is 7.89. The van der Waals surface area contributed by atoms with Crippen LogP contribution in [0.3, 0.4) is 0 Å². The molecule has 0 unspecified atom stereocenters. The Bertz CT molecular complexity index is 529. The highest BCUT2D eigenvalue weighted by Gasteiger charge is 2.67. The molecule has 1 N–H and O–H groups in total. The Labute approximate surface area is 123 Å². The van der Waals surface area contributed by atoms with Crippen LogP contribution in [0.1, 0.15) is 71.7 Å². The Hall–Kier alpha value is -0.830. The molecule has 0 saturated heterocycles. The number of nitrogens with zero attached hydrogens (tertiary/aromatic N) is 2. The highest BCUT2D eigenvalue weighted by molar-refractivity contribution is 5.30. The lowest BCUT2D eigenvalue weighted by Gasteiger charge is -2.23. The number of nitrogens with one attached hydrogen (secondary N) is 1. The van der Waals surface area contributed by atoms with E-state index in [2.05, 4.69) is 58.4 Å². The fourth-order valence-electron chi connectivity index (χ4n) is 3.95. The fourth-order valence-corrected chi connectivity index (χ4v) is 3.95. The SMILES string of the molecule is CC(C)(C)c1nc2c(n1C1C(C)(C)C1(C)C)CCNC2. The van der Waals surface area contributed by atoms with Crippen LogP contribution >= 0.6 is 0 Å². The van der Waals surface area contributed by atoms with Gasteiger partial charge in [0.25, 0.3) is 0 Å². The molecule has 2 heterocycles. The van der Waals surface area contributed by atoms with Gasteiger partial charge in [-0.2, -0.15) is 0 Å². The number of rotatable bonds is 1. The maximum atomic E-state index is 5.01. The lowest BCUT2D eigenvalue weighted by atomic mass is 9.95. The number of hydrogen-bond donors (Lipinski definition) is 1. The Balaban J connectivity index is 2.17. The summed E-state index contributed by atoms with van der Waals surface area (Å²) in [4.78, 5) is 5.01. The van der Waals surface area contributed by atoms with E-state index in [4.69, 9.17) is 4.98 Å². The van der Waals surface area contributed by atoms with Gasteiger partial charge >= 0.3 is 0 Å². The average Bonchev–Trinajstić information content (AvgIpc) is 2.64. The molecule has 0 aromatic carbocycles. The first-order valence-corrected chi connectivity index (χ1v) is 7.89. The first kappa shape index (κ1) is 14.1. The van der Waals surface area contributed by atoms with Crippen molar-refractivity contribution in [2.24, 2.45) is 10.8 Å². The van der Waals surface area contributed by atoms with E-state index in [0.717, 1.165) is 19.5 Å².